The molecule has 0 aliphatic carbocycles. The number of rotatable bonds is 9. The van der Waals surface area contributed by atoms with Crippen molar-refractivity contribution in [2.45, 2.75) is 20.3 Å². The molecule has 0 unspecified atom stereocenters. The minimum absolute atomic E-state index is 0.000322. The monoisotopic (exact) mass is 301 g/mol. The maximum Gasteiger partial charge on any atom is 0.213 e. The Morgan fingerprint density at radius 2 is 2.05 bits per heavy atom. The van der Waals surface area contributed by atoms with Gasteiger partial charge in [-0.05, 0) is 18.6 Å². The van der Waals surface area contributed by atoms with Crippen LogP contribution in [0.25, 0.3) is 0 Å². The third-order valence-corrected chi connectivity index (χ3v) is 4.05. The van der Waals surface area contributed by atoms with E-state index in [2.05, 4.69) is 10.0 Å². The van der Waals surface area contributed by atoms with E-state index in [0.717, 1.165) is 6.42 Å². The van der Waals surface area contributed by atoms with E-state index in [0.29, 0.717) is 30.3 Å². The largest absolute Gasteiger partial charge is 0.491 e. The fourth-order valence-electron chi connectivity index (χ4n) is 1.65. The molecule has 114 valence electrons. The lowest BCUT2D eigenvalue weighted by Gasteiger charge is -2.13. The van der Waals surface area contributed by atoms with Crippen LogP contribution in [0.1, 0.15) is 20.3 Å². The summed E-state index contributed by atoms with van der Waals surface area (Å²) in [4.78, 5) is 0. The van der Waals surface area contributed by atoms with Crippen molar-refractivity contribution in [1.82, 2.24) is 4.72 Å². The highest BCUT2D eigenvalue weighted by atomic mass is 32.2. The number of hydrogen-bond donors (Lipinski definition) is 3. The Hall–Kier alpha value is -1.47. The Morgan fingerprint density at radius 3 is 2.70 bits per heavy atom. The van der Waals surface area contributed by atoms with E-state index >= 15 is 0 Å². The van der Waals surface area contributed by atoms with Gasteiger partial charge in [0.05, 0.1) is 23.7 Å². The van der Waals surface area contributed by atoms with Gasteiger partial charge in [-0.2, -0.15) is 0 Å². The van der Waals surface area contributed by atoms with Crippen molar-refractivity contribution < 1.29 is 13.2 Å². The predicted molar refractivity (Wildman–Crippen MR) is 82.6 cm³/mol. The van der Waals surface area contributed by atoms with Crippen LogP contribution >= 0.6 is 0 Å². The Balaban J connectivity index is 2.60. The minimum Gasteiger partial charge on any atom is -0.491 e. The molecule has 7 heteroatoms. The van der Waals surface area contributed by atoms with E-state index in [1.54, 1.807) is 19.1 Å². The summed E-state index contributed by atoms with van der Waals surface area (Å²) in [6.45, 7) is 5.05. The van der Waals surface area contributed by atoms with E-state index in [1.165, 1.54) is 0 Å². The zero-order valence-electron chi connectivity index (χ0n) is 12.0. The first-order chi connectivity index (χ1) is 9.50. The van der Waals surface area contributed by atoms with Gasteiger partial charge in [-0.25, -0.2) is 13.1 Å². The molecule has 0 atom stereocenters. The lowest BCUT2D eigenvalue weighted by Crippen LogP contribution is -2.29. The number of hydrogen-bond acceptors (Lipinski definition) is 5. The molecular formula is C13H23N3O3S. The van der Waals surface area contributed by atoms with Gasteiger partial charge >= 0.3 is 0 Å². The summed E-state index contributed by atoms with van der Waals surface area (Å²) in [7, 11) is -3.22. The van der Waals surface area contributed by atoms with Crippen LogP contribution in [0.4, 0.5) is 11.4 Å². The van der Waals surface area contributed by atoms with Crippen molar-refractivity contribution >= 4 is 21.4 Å². The van der Waals surface area contributed by atoms with E-state index in [1.807, 2.05) is 13.0 Å². The molecule has 0 aliphatic heterocycles. The van der Waals surface area contributed by atoms with Crippen LogP contribution in [0.3, 0.4) is 0 Å². The van der Waals surface area contributed by atoms with Crippen LogP contribution in [0, 0.1) is 0 Å². The number of ether oxygens (including phenoxy) is 1. The summed E-state index contributed by atoms with van der Waals surface area (Å²) < 4.78 is 31.0. The Labute approximate surface area is 120 Å². The van der Waals surface area contributed by atoms with Gasteiger partial charge in [0.2, 0.25) is 10.0 Å². The molecule has 0 spiro atoms. The van der Waals surface area contributed by atoms with Crippen LogP contribution in [-0.4, -0.2) is 33.9 Å². The average molecular weight is 301 g/mol. The molecule has 0 bridgehead atoms. The van der Waals surface area contributed by atoms with Crippen molar-refractivity contribution in [2.75, 3.05) is 36.5 Å². The van der Waals surface area contributed by atoms with E-state index in [4.69, 9.17) is 10.5 Å². The number of anilines is 2. The second kappa shape index (κ2) is 7.96. The van der Waals surface area contributed by atoms with Crippen LogP contribution in [-0.2, 0) is 10.0 Å². The molecule has 0 aliphatic rings. The Morgan fingerprint density at radius 1 is 1.30 bits per heavy atom. The number of nitrogen functional groups attached to an aromatic ring is 1. The minimum atomic E-state index is -3.22. The number of nitrogens with one attached hydrogen (secondary N) is 2. The van der Waals surface area contributed by atoms with Crippen molar-refractivity contribution in [2.24, 2.45) is 0 Å². The van der Waals surface area contributed by atoms with Gasteiger partial charge in [0.15, 0.2) is 0 Å². The van der Waals surface area contributed by atoms with Gasteiger partial charge < -0.3 is 15.8 Å². The fraction of sp³-hybridized carbons (Fsp3) is 0.538. The zero-order chi connectivity index (χ0) is 15.0. The summed E-state index contributed by atoms with van der Waals surface area (Å²) in [6, 6.07) is 5.42. The third-order valence-electron chi connectivity index (χ3n) is 2.58. The third kappa shape index (κ3) is 5.26. The SMILES string of the molecule is CCCOc1cccc(NCCS(=O)(=O)NCC)c1N. The Bertz CT molecular complexity index is 518. The Kier molecular flexibility index (Phi) is 6.60. The van der Waals surface area contributed by atoms with Crippen LogP contribution < -0.4 is 20.5 Å². The summed E-state index contributed by atoms with van der Waals surface area (Å²) in [5, 5.41) is 3.02. The maximum absolute atomic E-state index is 11.5. The lowest BCUT2D eigenvalue weighted by molar-refractivity contribution is 0.319. The molecule has 0 amide bonds. The first-order valence-electron chi connectivity index (χ1n) is 6.72. The highest BCUT2D eigenvalue weighted by molar-refractivity contribution is 7.89. The topological polar surface area (TPSA) is 93.4 Å². The molecule has 0 saturated heterocycles. The van der Waals surface area contributed by atoms with E-state index < -0.39 is 10.0 Å². The molecular weight excluding hydrogens is 278 g/mol. The standard InChI is InChI=1S/C13H23N3O3S/c1-3-9-19-12-7-5-6-11(13(12)14)15-8-10-20(17,18)16-4-2/h5-7,15-16H,3-4,8-10,14H2,1-2H3. The van der Waals surface area contributed by atoms with Gasteiger partial charge in [-0.1, -0.05) is 19.9 Å². The number of nitrogens with two attached hydrogens (primary N) is 1. The molecule has 20 heavy (non-hydrogen) atoms. The van der Waals surface area contributed by atoms with Crippen molar-refractivity contribution in [3.8, 4) is 5.75 Å². The van der Waals surface area contributed by atoms with Crippen LogP contribution in [0.2, 0.25) is 0 Å². The molecule has 0 heterocycles. The number of benzene rings is 1. The average Bonchev–Trinajstić information content (AvgIpc) is 2.39. The lowest BCUT2D eigenvalue weighted by atomic mass is 10.2. The van der Waals surface area contributed by atoms with Gasteiger partial charge in [0.25, 0.3) is 0 Å². The van der Waals surface area contributed by atoms with Crippen molar-refractivity contribution in [3.05, 3.63) is 18.2 Å². The number of sulfonamides is 1. The van der Waals surface area contributed by atoms with E-state index in [-0.39, 0.29) is 12.3 Å². The zero-order valence-corrected chi connectivity index (χ0v) is 12.8. The van der Waals surface area contributed by atoms with Gasteiger partial charge in [0.1, 0.15) is 5.75 Å². The van der Waals surface area contributed by atoms with Crippen molar-refractivity contribution in [3.63, 3.8) is 0 Å². The van der Waals surface area contributed by atoms with Gasteiger partial charge in [0, 0.05) is 13.1 Å². The van der Waals surface area contributed by atoms with Crippen LogP contribution in [0.15, 0.2) is 18.2 Å². The highest BCUT2D eigenvalue weighted by Gasteiger charge is 2.09. The molecule has 4 N–H and O–H groups in total. The summed E-state index contributed by atoms with van der Waals surface area (Å²) >= 11 is 0. The first kappa shape index (κ1) is 16.6. The summed E-state index contributed by atoms with van der Waals surface area (Å²) in [5.41, 5.74) is 7.17. The smallest absolute Gasteiger partial charge is 0.213 e. The first-order valence-corrected chi connectivity index (χ1v) is 8.38. The predicted octanol–water partition coefficient (Wildman–Crippen LogP) is 1.41. The summed E-state index contributed by atoms with van der Waals surface area (Å²) in [6.07, 6.45) is 0.901. The molecule has 0 aromatic heterocycles. The second-order valence-electron chi connectivity index (χ2n) is 4.31. The second-order valence-corrected chi connectivity index (χ2v) is 6.24. The van der Waals surface area contributed by atoms with Crippen LogP contribution in [0.5, 0.6) is 5.75 Å². The quantitative estimate of drug-likeness (QED) is 0.600. The highest BCUT2D eigenvalue weighted by Crippen LogP contribution is 2.29. The van der Waals surface area contributed by atoms with Gasteiger partial charge in [-0.15, -0.1) is 0 Å². The summed E-state index contributed by atoms with van der Waals surface area (Å²) in [5.74, 6) is 0.617. The maximum atomic E-state index is 11.5. The molecule has 0 radical (unpaired) electrons. The molecule has 6 nitrogen and oxygen atoms in total. The molecule has 0 saturated carbocycles. The molecule has 1 aromatic carbocycles. The van der Waals surface area contributed by atoms with Gasteiger partial charge in [-0.3, -0.25) is 0 Å². The van der Waals surface area contributed by atoms with E-state index in [9.17, 15) is 8.42 Å². The fourth-order valence-corrected chi connectivity index (χ4v) is 2.60. The molecule has 1 aromatic rings. The molecule has 0 fully saturated rings. The number of para-hydroxylation sites is 1. The normalized spacial score (nSPS) is 11.3. The molecule has 1 rings (SSSR count). The van der Waals surface area contributed by atoms with Crippen molar-refractivity contribution in [1.29, 1.82) is 0 Å².